The molecule has 2 aromatic rings. The quantitative estimate of drug-likeness (QED) is 0.851. The number of benzene rings is 2. The summed E-state index contributed by atoms with van der Waals surface area (Å²) >= 11 is 0. The van der Waals surface area contributed by atoms with Crippen LogP contribution in [0.1, 0.15) is 23.5 Å². The molecule has 5 nitrogen and oxygen atoms in total. The first-order valence-corrected chi connectivity index (χ1v) is 9.10. The Hall–Kier alpha value is -2.82. The van der Waals surface area contributed by atoms with Gasteiger partial charge in [-0.1, -0.05) is 53.7 Å². The SMILES string of the molecule is O=C(OCC1c2ccccc2-c2ccccc21)N1CC(C2=NOCC2)C1. The molecule has 2 aliphatic heterocycles. The molecule has 0 unspecified atom stereocenters. The third kappa shape index (κ3) is 2.46. The van der Waals surface area contributed by atoms with Crippen LogP contribution < -0.4 is 0 Å². The van der Waals surface area contributed by atoms with Crippen molar-refractivity contribution in [1.29, 1.82) is 0 Å². The van der Waals surface area contributed by atoms with E-state index in [2.05, 4.69) is 41.6 Å². The number of carbonyl (C=O) groups excluding carboxylic acids is 1. The van der Waals surface area contributed by atoms with Crippen LogP contribution in [-0.2, 0) is 9.57 Å². The van der Waals surface area contributed by atoms with Gasteiger partial charge in [-0.2, -0.15) is 0 Å². The normalized spacial score (nSPS) is 18.6. The largest absolute Gasteiger partial charge is 0.448 e. The van der Waals surface area contributed by atoms with Crippen molar-refractivity contribution in [3.8, 4) is 11.1 Å². The Kier molecular flexibility index (Phi) is 3.66. The van der Waals surface area contributed by atoms with Crippen LogP contribution in [0.2, 0.25) is 0 Å². The van der Waals surface area contributed by atoms with E-state index in [0.29, 0.717) is 32.2 Å². The molecule has 0 saturated carbocycles. The summed E-state index contributed by atoms with van der Waals surface area (Å²) in [7, 11) is 0. The summed E-state index contributed by atoms with van der Waals surface area (Å²) in [6.07, 6.45) is 0.644. The van der Waals surface area contributed by atoms with Crippen LogP contribution in [0.25, 0.3) is 11.1 Å². The van der Waals surface area contributed by atoms with E-state index >= 15 is 0 Å². The van der Waals surface area contributed by atoms with E-state index in [9.17, 15) is 4.79 Å². The van der Waals surface area contributed by atoms with Gasteiger partial charge >= 0.3 is 6.09 Å². The monoisotopic (exact) mass is 348 g/mol. The first kappa shape index (κ1) is 15.4. The molecule has 1 fully saturated rings. The predicted octanol–water partition coefficient (Wildman–Crippen LogP) is 3.64. The number of amides is 1. The van der Waals surface area contributed by atoms with E-state index in [1.807, 2.05) is 12.1 Å². The standard InChI is InChI=1S/C21H20N2O3/c24-21(23-11-14(12-23)20-9-10-26-22-20)25-13-19-17-7-3-1-5-15(17)16-6-2-4-8-18(16)19/h1-8,14,19H,9-13H2. The minimum Gasteiger partial charge on any atom is -0.448 e. The highest BCUT2D eigenvalue weighted by atomic mass is 16.6. The highest BCUT2D eigenvalue weighted by Gasteiger charge is 2.37. The fraction of sp³-hybridized carbons (Fsp3) is 0.333. The Morgan fingerprint density at radius 2 is 1.73 bits per heavy atom. The van der Waals surface area contributed by atoms with Crippen LogP contribution >= 0.6 is 0 Å². The number of oxime groups is 1. The number of nitrogens with zero attached hydrogens (tertiary/aromatic N) is 2. The van der Waals surface area contributed by atoms with Crippen LogP contribution in [0.5, 0.6) is 0 Å². The van der Waals surface area contributed by atoms with Gasteiger partial charge in [-0.15, -0.1) is 0 Å². The van der Waals surface area contributed by atoms with Crippen molar-refractivity contribution in [2.75, 3.05) is 26.3 Å². The lowest BCUT2D eigenvalue weighted by atomic mass is 9.93. The van der Waals surface area contributed by atoms with Gasteiger partial charge in [-0.3, -0.25) is 0 Å². The maximum Gasteiger partial charge on any atom is 0.409 e. The Morgan fingerprint density at radius 3 is 2.35 bits per heavy atom. The third-order valence-corrected chi connectivity index (χ3v) is 5.58. The van der Waals surface area contributed by atoms with Crippen LogP contribution in [0.15, 0.2) is 53.7 Å². The van der Waals surface area contributed by atoms with Crippen LogP contribution in [0.4, 0.5) is 4.79 Å². The van der Waals surface area contributed by atoms with Crippen molar-refractivity contribution in [3.63, 3.8) is 0 Å². The number of likely N-dealkylation sites (tertiary alicyclic amines) is 1. The summed E-state index contributed by atoms with van der Waals surface area (Å²) < 4.78 is 5.67. The first-order chi connectivity index (χ1) is 12.8. The summed E-state index contributed by atoms with van der Waals surface area (Å²) in [4.78, 5) is 19.2. The molecule has 0 atom stereocenters. The summed E-state index contributed by atoms with van der Waals surface area (Å²) in [5, 5.41) is 4.05. The lowest BCUT2D eigenvalue weighted by Crippen LogP contribution is -2.53. The van der Waals surface area contributed by atoms with Crippen molar-refractivity contribution in [1.82, 2.24) is 4.90 Å². The summed E-state index contributed by atoms with van der Waals surface area (Å²) in [5.41, 5.74) is 6.04. The molecule has 2 heterocycles. The number of rotatable bonds is 3. The molecule has 5 heteroatoms. The molecule has 0 radical (unpaired) electrons. The molecule has 1 amide bonds. The second kappa shape index (κ2) is 6.16. The van der Waals surface area contributed by atoms with Gasteiger partial charge in [0.15, 0.2) is 0 Å². The average molecular weight is 348 g/mol. The van der Waals surface area contributed by atoms with Gasteiger partial charge in [-0.05, 0) is 22.3 Å². The summed E-state index contributed by atoms with van der Waals surface area (Å²) in [5.74, 6) is 0.439. The van der Waals surface area contributed by atoms with E-state index in [1.54, 1.807) is 4.90 Å². The zero-order chi connectivity index (χ0) is 17.5. The van der Waals surface area contributed by atoms with E-state index < -0.39 is 0 Å². The third-order valence-electron chi connectivity index (χ3n) is 5.58. The number of ether oxygens (including phenoxy) is 1. The second-order valence-corrected chi connectivity index (χ2v) is 7.07. The predicted molar refractivity (Wildman–Crippen MR) is 98.1 cm³/mol. The molecule has 0 bridgehead atoms. The average Bonchev–Trinajstić information content (AvgIpc) is 3.25. The van der Waals surface area contributed by atoms with Crippen molar-refractivity contribution in [2.45, 2.75) is 12.3 Å². The van der Waals surface area contributed by atoms with E-state index in [4.69, 9.17) is 9.57 Å². The zero-order valence-electron chi connectivity index (χ0n) is 14.4. The lowest BCUT2D eigenvalue weighted by molar-refractivity contribution is 0.0669. The second-order valence-electron chi connectivity index (χ2n) is 7.07. The Bertz CT molecular complexity index is 841. The summed E-state index contributed by atoms with van der Waals surface area (Å²) in [6.45, 7) is 2.40. The fourth-order valence-corrected chi connectivity index (χ4v) is 4.13. The molecule has 26 heavy (non-hydrogen) atoms. The molecule has 1 saturated heterocycles. The van der Waals surface area contributed by atoms with Gasteiger partial charge in [0.05, 0.1) is 5.71 Å². The van der Waals surface area contributed by atoms with Crippen LogP contribution in [-0.4, -0.2) is 43.0 Å². The minimum atomic E-state index is -0.234. The van der Waals surface area contributed by atoms with Crippen molar-refractivity contribution >= 4 is 11.8 Å². The minimum absolute atomic E-state index is 0.107. The number of fused-ring (bicyclic) bond motifs is 3. The number of hydrogen-bond acceptors (Lipinski definition) is 4. The van der Waals surface area contributed by atoms with Gasteiger partial charge in [0, 0.05) is 31.3 Å². The van der Waals surface area contributed by atoms with E-state index in [1.165, 1.54) is 22.3 Å². The Balaban J connectivity index is 1.25. The molecule has 1 aliphatic carbocycles. The lowest BCUT2D eigenvalue weighted by Gasteiger charge is -2.38. The van der Waals surface area contributed by atoms with Gasteiger partial charge < -0.3 is 14.5 Å². The fourth-order valence-electron chi connectivity index (χ4n) is 4.13. The van der Waals surface area contributed by atoms with Crippen molar-refractivity contribution < 1.29 is 14.4 Å². The molecule has 0 aromatic heterocycles. The highest BCUT2D eigenvalue weighted by Crippen LogP contribution is 2.44. The van der Waals surface area contributed by atoms with Crippen molar-refractivity contribution in [2.24, 2.45) is 11.1 Å². The molecular weight excluding hydrogens is 328 g/mol. The summed E-state index contributed by atoms with van der Waals surface area (Å²) in [6, 6.07) is 16.7. The maximum atomic E-state index is 12.4. The molecule has 0 spiro atoms. The maximum absolute atomic E-state index is 12.4. The van der Waals surface area contributed by atoms with Crippen molar-refractivity contribution in [3.05, 3.63) is 59.7 Å². The molecule has 5 rings (SSSR count). The smallest absolute Gasteiger partial charge is 0.409 e. The van der Waals surface area contributed by atoms with Gasteiger partial charge in [0.1, 0.15) is 13.2 Å². The highest BCUT2D eigenvalue weighted by molar-refractivity contribution is 5.89. The van der Waals surface area contributed by atoms with Gasteiger partial charge in [-0.25, -0.2) is 4.79 Å². The van der Waals surface area contributed by atoms with Crippen LogP contribution in [0.3, 0.4) is 0 Å². The Labute approximate surface area is 152 Å². The van der Waals surface area contributed by atoms with E-state index in [-0.39, 0.29) is 12.0 Å². The molecular formula is C21H20N2O3. The van der Waals surface area contributed by atoms with Gasteiger partial charge in [0.25, 0.3) is 0 Å². The van der Waals surface area contributed by atoms with E-state index in [0.717, 1.165) is 12.1 Å². The molecule has 0 N–H and O–H groups in total. The zero-order valence-corrected chi connectivity index (χ0v) is 14.4. The number of hydrogen-bond donors (Lipinski definition) is 0. The van der Waals surface area contributed by atoms with Gasteiger partial charge in [0.2, 0.25) is 0 Å². The molecule has 3 aliphatic rings. The number of carbonyl (C=O) groups is 1. The van der Waals surface area contributed by atoms with Crippen LogP contribution in [0, 0.1) is 5.92 Å². The molecule has 132 valence electrons. The first-order valence-electron chi connectivity index (χ1n) is 9.10. The Morgan fingerprint density at radius 1 is 1.08 bits per heavy atom. The molecule has 2 aromatic carbocycles. The topological polar surface area (TPSA) is 51.1 Å².